The van der Waals surface area contributed by atoms with Crippen molar-refractivity contribution in [1.82, 2.24) is 16.0 Å². The van der Waals surface area contributed by atoms with Gasteiger partial charge in [0.25, 0.3) is 0 Å². The summed E-state index contributed by atoms with van der Waals surface area (Å²) in [6.07, 6.45) is 3.24. The molecule has 31 heavy (non-hydrogen) atoms. The summed E-state index contributed by atoms with van der Waals surface area (Å²) in [5.74, 6) is -4.34. The molecule has 4 atom stereocenters. The zero-order chi connectivity index (χ0) is 24.0. The van der Waals surface area contributed by atoms with Gasteiger partial charge in [0.15, 0.2) is 0 Å². The van der Waals surface area contributed by atoms with Crippen molar-refractivity contribution in [2.45, 2.75) is 43.4 Å². The molecule has 178 valence electrons. The summed E-state index contributed by atoms with van der Waals surface area (Å²) >= 11 is 2.84. The second-order valence-electron chi connectivity index (χ2n) is 6.47. The molecule has 8 N–H and O–H groups in total. The molecule has 12 nitrogen and oxygen atoms in total. The molecule has 0 saturated heterocycles. The van der Waals surface area contributed by atoms with E-state index < -0.39 is 66.9 Å². The van der Waals surface area contributed by atoms with Crippen LogP contribution in [0.15, 0.2) is 0 Å². The van der Waals surface area contributed by atoms with Crippen LogP contribution in [0, 0.1) is 0 Å². The molecule has 0 bridgehead atoms. The Morgan fingerprint density at radius 1 is 0.806 bits per heavy atom. The van der Waals surface area contributed by atoms with Crippen LogP contribution in [-0.4, -0.2) is 99.8 Å². The molecule has 0 aromatic carbocycles. The first-order valence-corrected chi connectivity index (χ1v) is 12.1. The minimum Gasteiger partial charge on any atom is -0.481 e. The fraction of sp³-hybridized carbons (Fsp3) is 0.706. The van der Waals surface area contributed by atoms with E-state index in [1.165, 1.54) is 23.5 Å². The standard InChI is InChI=1S/C17H30N4O8S2/c1-30-5-3-9(18)14(25)20-11(7-13(23)24)15(26)21-12(8-22)16(27)19-10(17(28)29)4-6-31-2/h9-12,22H,3-8,18H2,1-2H3,(H,19,27)(H,20,25)(H,21,26)(H,23,24)(H,28,29). The second-order valence-corrected chi connectivity index (χ2v) is 8.44. The van der Waals surface area contributed by atoms with Gasteiger partial charge in [-0.05, 0) is 36.9 Å². The highest BCUT2D eigenvalue weighted by molar-refractivity contribution is 7.98. The van der Waals surface area contributed by atoms with Gasteiger partial charge in [0.05, 0.1) is 19.1 Å². The zero-order valence-corrected chi connectivity index (χ0v) is 19.0. The van der Waals surface area contributed by atoms with Gasteiger partial charge in [-0.15, -0.1) is 0 Å². The summed E-state index contributed by atoms with van der Waals surface area (Å²) in [7, 11) is 0. The number of carboxylic acids is 2. The number of carboxylic acid groups (broad SMARTS) is 2. The minimum absolute atomic E-state index is 0.125. The maximum atomic E-state index is 12.5. The number of carbonyl (C=O) groups is 5. The van der Waals surface area contributed by atoms with Gasteiger partial charge in [0.2, 0.25) is 17.7 Å². The first-order valence-electron chi connectivity index (χ1n) is 9.27. The summed E-state index contributed by atoms with van der Waals surface area (Å²) in [5, 5.41) is 34.3. The van der Waals surface area contributed by atoms with Gasteiger partial charge in [-0.3, -0.25) is 19.2 Å². The van der Waals surface area contributed by atoms with Gasteiger partial charge < -0.3 is 37.0 Å². The molecular formula is C17H30N4O8S2. The van der Waals surface area contributed by atoms with E-state index in [9.17, 15) is 34.2 Å². The highest BCUT2D eigenvalue weighted by Gasteiger charge is 2.31. The first kappa shape index (κ1) is 29.0. The fourth-order valence-electron chi connectivity index (χ4n) is 2.27. The predicted octanol–water partition coefficient (Wildman–Crippen LogP) is -2.17. The molecule has 0 fully saturated rings. The van der Waals surface area contributed by atoms with Gasteiger partial charge in [-0.25, -0.2) is 4.79 Å². The van der Waals surface area contributed by atoms with E-state index in [1.54, 1.807) is 6.26 Å². The third-order valence-corrected chi connectivity index (χ3v) is 5.31. The SMILES string of the molecule is CSCCC(N)C(=O)NC(CC(=O)O)C(=O)NC(CO)C(=O)NC(CCSC)C(=O)O. The fourth-order valence-corrected chi connectivity index (χ4v) is 3.23. The number of rotatable bonds is 16. The number of hydrogen-bond donors (Lipinski definition) is 7. The number of thioether (sulfide) groups is 2. The predicted molar refractivity (Wildman–Crippen MR) is 117 cm³/mol. The van der Waals surface area contributed by atoms with Crippen LogP contribution in [0.25, 0.3) is 0 Å². The van der Waals surface area contributed by atoms with Crippen LogP contribution < -0.4 is 21.7 Å². The van der Waals surface area contributed by atoms with Crippen molar-refractivity contribution < 1.29 is 39.3 Å². The molecule has 3 amide bonds. The third kappa shape index (κ3) is 11.8. The smallest absolute Gasteiger partial charge is 0.326 e. The highest BCUT2D eigenvalue weighted by Crippen LogP contribution is 2.03. The number of hydrogen-bond acceptors (Lipinski definition) is 9. The number of aliphatic hydroxyl groups excluding tert-OH is 1. The summed E-state index contributed by atoms with van der Waals surface area (Å²) in [5.41, 5.74) is 5.72. The molecule has 0 aliphatic heterocycles. The topological polar surface area (TPSA) is 208 Å². The van der Waals surface area contributed by atoms with Crippen molar-refractivity contribution >= 4 is 53.2 Å². The maximum Gasteiger partial charge on any atom is 0.326 e. The average Bonchev–Trinajstić information content (AvgIpc) is 2.71. The quantitative estimate of drug-likeness (QED) is 0.126. The summed E-state index contributed by atoms with van der Waals surface area (Å²) in [6, 6.07) is -5.27. The molecule has 14 heteroatoms. The molecular weight excluding hydrogens is 452 g/mol. The molecule has 0 heterocycles. The molecule has 0 radical (unpaired) electrons. The van der Waals surface area contributed by atoms with Crippen molar-refractivity contribution in [3.63, 3.8) is 0 Å². The molecule has 0 rings (SSSR count). The second kappa shape index (κ2) is 15.7. The van der Waals surface area contributed by atoms with Crippen molar-refractivity contribution in [1.29, 1.82) is 0 Å². The summed E-state index contributed by atoms with van der Waals surface area (Å²) in [4.78, 5) is 59.3. The molecule has 0 aromatic rings. The van der Waals surface area contributed by atoms with E-state index in [0.29, 0.717) is 17.9 Å². The number of aliphatic hydroxyl groups is 1. The normalized spacial score (nSPS) is 14.6. The number of nitrogens with one attached hydrogen (secondary N) is 3. The third-order valence-electron chi connectivity index (χ3n) is 4.02. The number of aliphatic carboxylic acids is 2. The molecule has 0 aromatic heterocycles. The highest BCUT2D eigenvalue weighted by atomic mass is 32.2. The Morgan fingerprint density at radius 3 is 1.77 bits per heavy atom. The minimum atomic E-state index is -1.54. The van der Waals surface area contributed by atoms with Crippen molar-refractivity contribution in [3.8, 4) is 0 Å². The van der Waals surface area contributed by atoms with Crippen LogP contribution in [0.2, 0.25) is 0 Å². The monoisotopic (exact) mass is 482 g/mol. The van der Waals surface area contributed by atoms with E-state index in [4.69, 9.17) is 10.8 Å². The van der Waals surface area contributed by atoms with Gasteiger partial charge in [0.1, 0.15) is 18.1 Å². The Labute approximate surface area is 188 Å². The Bertz CT molecular complexity index is 637. The summed E-state index contributed by atoms with van der Waals surface area (Å²) in [6.45, 7) is -0.868. The summed E-state index contributed by atoms with van der Waals surface area (Å²) < 4.78 is 0. The molecule has 4 unspecified atom stereocenters. The molecule has 0 aliphatic rings. The Kier molecular flexibility index (Phi) is 14.7. The maximum absolute atomic E-state index is 12.5. The van der Waals surface area contributed by atoms with Crippen molar-refractivity contribution in [2.75, 3.05) is 30.6 Å². The molecule has 0 spiro atoms. The molecule has 0 aliphatic carbocycles. The van der Waals surface area contributed by atoms with E-state index in [1.807, 2.05) is 6.26 Å². The van der Waals surface area contributed by atoms with E-state index in [2.05, 4.69) is 16.0 Å². The lowest BCUT2D eigenvalue weighted by Crippen LogP contribution is -2.58. The number of nitrogens with two attached hydrogens (primary N) is 1. The van der Waals surface area contributed by atoms with Crippen molar-refractivity contribution in [3.05, 3.63) is 0 Å². The van der Waals surface area contributed by atoms with Gasteiger partial charge >= 0.3 is 11.9 Å². The van der Waals surface area contributed by atoms with Crippen LogP contribution in [0.3, 0.4) is 0 Å². The lowest BCUT2D eigenvalue weighted by molar-refractivity contribution is -0.143. The van der Waals surface area contributed by atoms with E-state index in [0.717, 1.165) is 0 Å². The average molecular weight is 483 g/mol. The van der Waals surface area contributed by atoms with Crippen LogP contribution >= 0.6 is 23.5 Å². The van der Waals surface area contributed by atoms with Crippen LogP contribution in [0.4, 0.5) is 0 Å². The number of carbonyl (C=O) groups excluding carboxylic acids is 3. The Balaban J connectivity index is 5.16. The lowest BCUT2D eigenvalue weighted by Gasteiger charge is -2.23. The van der Waals surface area contributed by atoms with E-state index in [-0.39, 0.29) is 6.42 Å². The first-order chi connectivity index (χ1) is 14.6. The van der Waals surface area contributed by atoms with E-state index >= 15 is 0 Å². The van der Waals surface area contributed by atoms with Gasteiger partial charge in [-0.2, -0.15) is 23.5 Å². The largest absolute Gasteiger partial charge is 0.481 e. The molecule has 0 saturated carbocycles. The Hall–Kier alpha value is -2.03. The van der Waals surface area contributed by atoms with Gasteiger partial charge in [-0.1, -0.05) is 0 Å². The van der Waals surface area contributed by atoms with Crippen LogP contribution in [0.5, 0.6) is 0 Å². The van der Waals surface area contributed by atoms with Gasteiger partial charge in [0, 0.05) is 0 Å². The lowest BCUT2D eigenvalue weighted by atomic mass is 10.1. The zero-order valence-electron chi connectivity index (χ0n) is 17.3. The number of amides is 3. The van der Waals surface area contributed by atoms with Crippen molar-refractivity contribution in [2.24, 2.45) is 5.73 Å². The van der Waals surface area contributed by atoms with Crippen LogP contribution in [0.1, 0.15) is 19.3 Å². The Morgan fingerprint density at radius 2 is 1.29 bits per heavy atom. The van der Waals surface area contributed by atoms with Crippen LogP contribution in [-0.2, 0) is 24.0 Å².